The third-order valence-electron chi connectivity index (χ3n) is 6.59. The second-order valence-corrected chi connectivity index (χ2v) is 9.50. The first-order valence-corrected chi connectivity index (χ1v) is 12.1. The highest BCUT2D eigenvalue weighted by Crippen LogP contribution is 2.46. The Labute approximate surface area is 214 Å². The summed E-state index contributed by atoms with van der Waals surface area (Å²) in [5.74, 6) is 1.46. The number of ether oxygens (including phenoxy) is 2. The Bertz CT molecular complexity index is 1440. The maximum Gasteiger partial charge on any atom is 0.231 e. The van der Waals surface area contributed by atoms with Gasteiger partial charge in [-0.1, -0.05) is 23.7 Å². The van der Waals surface area contributed by atoms with Gasteiger partial charge in [0, 0.05) is 40.0 Å². The Hall–Kier alpha value is -3.55. The summed E-state index contributed by atoms with van der Waals surface area (Å²) >= 11 is 12.2. The molecule has 1 N–H and O–H groups in total. The average Bonchev–Trinajstić information content (AvgIpc) is 3.54. The number of thiocarbonyl (C=S) groups is 1. The van der Waals surface area contributed by atoms with E-state index in [-0.39, 0.29) is 18.9 Å². The molecule has 2 aliphatic heterocycles. The Morgan fingerprint density at radius 2 is 1.83 bits per heavy atom. The van der Waals surface area contributed by atoms with Crippen molar-refractivity contribution >= 4 is 34.6 Å². The lowest BCUT2D eigenvalue weighted by atomic mass is 9.96. The summed E-state index contributed by atoms with van der Waals surface area (Å²) < 4.78 is 13.4. The number of fused-ring (bicyclic) bond motifs is 1. The van der Waals surface area contributed by atoms with E-state index in [0.29, 0.717) is 10.1 Å². The molecule has 0 amide bonds. The molecule has 1 saturated heterocycles. The first-order chi connectivity index (χ1) is 17.0. The maximum atomic E-state index is 6.33. The summed E-state index contributed by atoms with van der Waals surface area (Å²) in [7, 11) is 0. The Morgan fingerprint density at radius 3 is 2.63 bits per heavy atom. The lowest BCUT2D eigenvalue weighted by Gasteiger charge is -2.28. The molecular formula is C27H23ClN4O2S. The summed E-state index contributed by atoms with van der Waals surface area (Å²) in [6.45, 7) is 4.47. The number of aryl methyl sites for hydroxylation is 1. The zero-order valence-electron chi connectivity index (χ0n) is 19.2. The van der Waals surface area contributed by atoms with E-state index in [1.807, 2.05) is 60.8 Å². The van der Waals surface area contributed by atoms with Crippen LogP contribution >= 0.6 is 23.8 Å². The van der Waals surface area contributed by atoms with Crippen LogP contribution in [0.1, 0.15) is 34.7 Å². The van der Waals surface area contributed by atoms with E-state index in [1.165, 1.54) is 0 Å². The minimum absolute atomic E-state index is 0.128. The smallest absolute Gasteiger partial charge is 0.231 e. The summed E-state index contributed by atoms with van der Waals surface area (Å²) in [5.41, 5.74) is 6.27. The largest absolute Gasteiger partial charge is 0.454 e. The van der Waals surface area contributed by atoms with Gasteiger partial charge < -0.3 is 24.3 Å². The molecule has 4 heterocycles. The number of benzene rings is 2. The van der Waals surface area contributed by atoms with Crippen molar-refractivity contribution in [3.05, 3.63) is 101 Å². The average molecular weight is 503 g/mol. The molecule has 0 radical (unpaired) electrons. The van der Waals surface area contributed by atoms with E-state index < -0.39 is 0 Å². The van der Waals surface area contributed by atoms with E-state index >= 15 is 0 Å². The standard InChI is InChI=1S/C27H23ClN4O2S/c1-16-12-21(17(2)31(16)19-7-5-6-18(28)13-19)26-25(22-8-3-4-11-29-22)30-27(35)32(26)20-9-10-23-24(14-20)34-15-33-23/h3-14,25-26H,15H2,1-2H3,(H,30,35)/t25-,26-/m0/s1. The van der Waals surface area contributed by atoms with E-state index in [2.05, 4.69) is 45.7 Å². The van der Waals surface area contributed by atoms with E-state index in [0.717, 1.165) is 45.5 Å². The van der Waals surface area contributed by atoms with E-state index in [1.54, 1.807) is 0 Å². The number of nitrogens with zero attached hydrogens (tertiary/aromatic N) is 3. The van der Waals surface area contributed by atoms with Crippen LogP contribution < -0.4 is 19.7 Å². The van der Waals surface area contributed by atoms with Crippen molar-refractivity contribution in [2.24, 2.45) is 0 Å². The van der Waals surface area contributed by atoms with Crippen molar-refractivity contribution in [2.75, 3.05) is 11.7 Å². The predicted molar refractivity (Wildman–Crippen MR) is 141 cm³/mol. The van der Waals surface area contributed by atoms with Crippen molar-refractivity contribution in [3.63, 3.8) is 0 Å². The number of rotatable bonds is 4. The fraction of sp³-hybridized carbons (Fsp3) is 0.185. The van der Waals surface area contributed by atoms with Gasteiger partial charge in [0.25, 0.3) is 0 Å². The maximum absolute atomic E-state index is 6.33. The normalized spacial score (nSPS) is 18.7. The molecule has 1 fully saturated rings. The molecule has 2 aliphatic rings. The Morgan fingerprint density at radius 1 is 0.971 bits per heavy atom. The Balaban J connectivity index is 1.51. The van der Waals surface area contributed by atoms with Gasteiger partial charge in [0.05, 0.1) is 17.8 Å². The second-order valence-electron chi connectivity index (χ2n) is 8.68. The van der Waals surface area contributed by atoms with Crippen LogP contribution in [0, 0.1) is 13.8 Å². The van der Waals surface area contributed by atoms with Crippen LogP contribution in [-0.2, 0) is 0 Å². The third kappa shape index (κ3) is 3.72. The number of hydrogen-bond acceptors (Lipinski definition) is 4. The van der Waals surface area contributed by atoms with Gasteiger partial charge in [0.15, 0.2) is 16.6 Å². The summed E-state index contributed by atoms with van der Waals surface area (Å²) in [6, 6.07) is 21.8. The molecule has 2 aromatic carbocycles. The minimum atomic E-state index is -0.137. The zero-order valence-corrected chi connectivity index (χ0v) is 20.8. The molecular weight excluding hydrogens is 480 g/mol. The number of aromatic nitrogens is 2. The van der Waals surface area contributed by atoms with Gasteiger partial charge in [-0.25, -0.2) is 0 Å². The van der Waals surface area contributed by atoms with Crippen molar-refractivity contribution < 1.29 is 9.47 Å². The van der Waals surface area contributed by atoms with Crippen molar-refractivity contribution in [1.82, 2.24) is 14.9 Å². The summed E-state index contributed by atoms with van der Waals surface area (Å²) in [4.78, 5) is 6.82. The van der Waals surface area contributed by atoms with E-state index in [9.17, 15) is 0 Å². The second kappa shape index (κ2) is 8.59. The zero-order chi connectivity index (χ0) is 24.1. The van der Waals surface area contributed by atoms with Crippen LogP contribution in [0.3, 0.4) is 0 Å². The highest BCUT2D eigenvalue weighted by molar-refractivity contribution is 7.80. The minimum Gasteiger partial charge on any atom is -0.454 e. The molecule has 6 rings (SSSR count). The van der Waals surface area contributed by atoms with Crippen LogP contribution in [0.5, 0.6) is 11.5 Å². The van der Waals surface area contributed by atoms with Crippen LogP contribution in [0.2, 0.25) is 5.02 Å². The van der Waals surface area contributed by atoms with Crippen molar-refractivity contribution in [2.45, 2.75) is 25.9 Å². The van der Waals surface area contributed by atoms with Gasteiger partial charge >= 0.3 is 0 Å². The number of anilines is 1. The molecule has 0 bridgehead atoms. The van der Waals surface area contributed by atoms with Crippen LogP contribution in [0.4, 0.5) is 5.69 Å². The lowest BCUT2D eigenvalue weighted by molar-refractivity contribution is 0.174. The molecule has 0 aliphatic carbocycles. The number of hydrogen-bond donors (Lipinski definition) is 1. The fourth-order valence-corrected chi connectivity index (χ4v) is 5.61. The molecule has 0 unspecified atom stereocenters. The quantitative estimate of drug-likeness (QED) is 0.343. The predicted octanol–water partition coefficient (Wildman–Crippen LogP) is 6.05. The monoisotopic (exact) mass is 502 g/mol. The van der Waals surface area contributed by atoms with Gasteiger partial charge in [-0.05, 0) is 80.2 Å². The summed E-state index contributed by atoms with van der Waals surface area (Å²) in [6.07, 6.45) is 1.82. The van der Waals surface area contributed by atoms with Gasteiger partial charge in [-0.3, -0.25) is 4.98 Å². The molecule has 2 atom stereocenters. The fourth-order valence-electron chi connectivity index (χ4n) is 5.08. The molecule has 0 saturated carbocycles. The number of halogens is 1. The first-order valence-electron chi connectivity index (χ1n) is 11.4. The molecule has 8 heteroatoms. The molecule has 35 heavy (non-hydrogen) atoms. The third-order valence-corrected chi connectivity index (χ3v) is 7.14. The topological polar surface area (TPSA) is 51.6 Å². The van der Waals surface area contributed by atoms with Crippen LogP contribution in [0.25, 0.3) is 5.69 Å². The van der Waals surface area contributed by atoms with Crippen LogP contribution in [0.15, 0.2) is 72.9 Å². The van der Waals surface area contributed by atoms with Gasteiger partial charge in [-0.15, -0.1) is 0 Å². The van der Waals surface area contributed by atoms with Gasteiger partial charge in [0.1, 0.15) is 0 Å². The lowest BCUT2D eigenvalue weighted by Crippen LogP contribution is -2.29. The van der Waals surface area contributed by atoms with E-state index in [4.69, 9.17) is 33.3 Å². The highest BCUT2D eigenvalue weighted by Gasteiger charge is 2.42. The molecule has 2 aromatic heterocycles. The van der Waals surface area contributed by atoms with Gasteiger partial charge in [0.2, 0.25) is 6.79 Å². The molecule has 0 spiro atoms. The number of pyridine rings is 1. The van der Waals surface area contributed by atoms with Crippen molar-refractivity contribution in [3.8, 4) is 17.2 Å². The Kier molecular flexibility index (Phi) is 5.39. The summed E-state index contributed by atoms with van der Waals surface area (Å²) in [5, 5.41) is 4.87. The molecule has 6 nitrogen and oxygen atoms in total. The van der Waals surface area contributed by atoms with Crippen molar-refractivity contribution in [1.29, 1.82) is 0 Å². The highest BCUT2D eigenvalue weighted by atomic mass is 35.5. The number of nitrogens with one attached hydrogen (secondary N) is 1. The van der Waals surface area contributed by atoms with Crippen LogP contribution in [-0.4, -0.2) is 21.5 Å². The SMILES string of the molecule is Cc1cc([C@H]2[C@H](c3ccccn3)NC(=S)N2c2ccc3c(c2)OCO3)c(C)n1-c1cccc(Cl)c1. The molecule has 176 valence electrons. The van der Waals surface area contributed by atoms with Gasteiger partial charge in [-0.2, -0.15) is 0 Å². The first kappa shape index (κ1) is 21.9. The molecule has 4 aromatic rings.